The van der Waals surface area contributed by atoms with Crippen molar-refractivity contribution in [1.29, 1.82) is 5.26 Å². The second-order valence-corrected chi connectivity index (χ2v) is 5.12. The van der Waals surface area contributed by atoms with Gasteiger partial charge >= 0.3 is 0 Å². The number of nitrogen functional groups attached to an aromatic ring is 1. The maximum absolute atomic E-state index is 8.93. The summed E-state index contributed by atoms with van der Waals surface area (Å²) in [5.74, 6) is 1.44. The van der Waals surface area contributed by atoms with Gasteiger partial charge in [0.05, 0.1) is 23.0 Å². The molecule has 17 heavy (non-hydrogen) atoms. The first-order valence-electron chi connectivity index (χ1n) is 6.16. The smallest absolute Gasteiger partial charge is 0.0992 e. The molecule has 1 heterocycles. The molecule has 1 aromatic rings. The Labute approximate surface area is 103 Å². The minimum absolute atomic E-state index is 0.683. The van der Waals surface area contributed by atoms with Gasteiger partial charge in [0.2, 0.25) is 0 Å². The van der Waals surface area contributed by atoms with Gasteiger partial charge in [0, 0.05) is 13.1 Å². The number of hydrogen-bond donors (Lipinski definition) is 1. The zero-order valence-electron chi connectivity index (χ0n) is 10.5. The van der Waals surface area contributed by atoms with Gasteiger partial charge in [-0.25, -0.2) is 0 Å². The fourth-order valence-corrected chi connectivity index (χ4v) is 2.44. The average molecular weight is 229 g/mol. The molecule has 1 aliphatic heterocycles. The van der Waals surface area contributed by atoms with E-state index in [0.717, 1.165) is 30.4 Å². The SMILES string of the molecule is CC(C)C1CCN(c2cc(C#N)ccc2N)C1. The number of benzene rings is 1. The highest BCUT2D eigenvalue weighted by Gasteiger charge is 2.26. The van der Waals surface area contributed by atoms with Gasteiger partial charge in [-0.2, -0.15) is 5.26 Å². The molecule has 0 spiro atoms. The summed E-state index contributed by atoms with van der Waals surface area (Å²) in [6.45, 7) is 6.63. The number of nitrogens with zero attached hydrogens (tertiary/aromatic N) is 2. The van der Waals surface area contributed by atoms with Crippen LogP contribution in [0.2, 0.25) is 0 Å². The van der Waals surface area contributed by atoms with Crippen LogP contribution < -0.4 is 10.6 Å². The minimum Gasteiger partial charge on any atom is -0.397 e. The van der Waals surface area contributed by atoms with Gasteiger partial charge in [0.25, 0.3) is 0 Å². The topological polar surface area (TPSA) is 53.0 Å². The summed E-state index contributed by atoms with van der Waals surface area (Å²) in [6.07, 6.45) is 1.22. The van der Waals surface area contributed by atoms with Crippen molar-refractivity contribution in [3.05, 3.63) is 23.8 Å². The predicted molar refractivity (Wildman–Crippen MR) is 70.7 cm³/mol. The molecule has 1 aliphatic rings. The van der Waals surface area contributed by atoms with E-state index < -0.39 is 0 Å². The molecule has 0 bridgehead atoms. The van der Waals surface area contributed by atoms with Gasteiger partial charge in [-0.1, -0.05) is 13.8 Å². The summed E-state index contributed by atoms with van der Waals surface area (Å²) in [4.78, 5) is 2.31. The van der Waals surface area contributed by atoms with E-state index in [4.69, 9.17) is 11.0 Å². The van der Waals surface area contributed by atoms with Crippen molar-refractivity contribution in [3.8, 4) is 6.07 Å². The number of anilines is 2. The minimum atomic E-state index is 0.683. The lowest BCUT2D eigenvalue weighted by Gasteiger charge is -2.21. The normalized spacial score (nSPS) is 19.6. The molecule has 1 aromatic carbocycles. The highest BCUT2D eigenvalue weighted by atomic mass is 15.2. The Balaban J connectivity index is 2.21. The molecule has 2 N–H and O–H groups in total. The Bertz CT molecular complexity index is 445. The fourth-order valence-electron chi connectivity index (χ4n) is 2.44. The van der Waals surface area contributed by atoms with Gasteiger partial charge < -0.3 is 10.6 Å². The van der Waals surface area contributed by atoms with Crippen molar-refractivity contribution in [2.24, 2.45) is 11.8 Å². The van der Waals surface area contributed by atoms with E-state index in [-0.39, 0.29) is 0 Å². The van der Waals surface area contributed by atoms with Crippen molar-refractivity contribution >= 4 is 11.4 Å². The van der Waals surface area contributed by atoms with Gasteiger partial charge in [-0.05, 0) is 36.5 Å². The van der Waals surface area contributed by atoms with Crippen molar-refractivity contribution in [2.75, 3.05) is 23.7 Å². The molecule has 0 radical (unpaired) electrons. The van der Waals surface area contributed by atoms with E-state index >= 15 is 0 Å². The van der Waals surface area contributed by atoms with Crippen LogP contribution in [0.5, 0.6) is 0 Å². The Hall–Kier alpha value is -1.69. The van der Waals surface area contributed by atoms with Crippen LogP contribution in [0, 0.1) is 23.2 Å². The number of hydrogen-bond acceptors (Lipinski definition) is 3. The summed E-state index contributed by atoms with van der Waals surface area (Å²) in [7, 11) is 0. The quantitative estimate of drug-likeness (QED) is 0.793. The third-order valence-electron chi connectivity index (χ3n) is 3.67. The van der Waals surface area contributed by atoms with E-state index in [0.29, 0.717) is 11.5 Å². The molecule has 1 unspecified atom stereocenters. The Kier molecular flexibility index (Phi) is 3.23. The van der Waals surface area contributed by atoms with Crippen LogP contribution in [0.1, 0.15) is 25.8 Å². The molecule has 1 atom stereocenters. The van der Waals surface area contributed by atoms with Crippen LogP contribution in [0.25, 0.3) is 0 Å². The third kappa shape index (κ3) is 2.36. The molecular formula is C14H19N3. The van der Waals surface area contributed by atoms with E-state index in [1.807, 2.05) is 12.1 Å². The lowest BCUT2D eigenvalue weighted by atomic mass is 9.95. The van der Waals surface area contributed by atoms with Crippen LogP contribution in [-0.2, 0) is 0 Å². The number of nitrogens with two attached hydrogens (primary N) is 1. The summed E-state index contributed by atoms with van der Waals surface area (Å²) in [6, 6.07) is 7.67. The van der Waals surface area contributed by atoms with Gasteiger partial charge in [0.1, 0.15) is 0 Å². The van der Waals surface area contributed by atoms with Crippen molar-refractivity contribution in [3.63, 3.8) is 0 Å². The predicted octanol–water partition coefficient (Wildman–Crippen LogP) is 2.62. The highest BCUT2D eigenvalue weighted by Crippen LogP contribution is 2.32. The molecular weight excluding hydrogens is 210 g/mol. The van der Waals surface area contributed by atoms with Crippen LogP contribution in [0.3, 0.4) is 0 Å². The highest BCUT2D eigenvalue weighted by molar-refractivity contribution is 5.70. The zero-order valence-corrected chi connectivity index (χ0v) is 10.5. The first kappa shape index (κ1) is 11.8. The zero-order chi connectivity index (χ0) is 12.4. The molecule has 0 aromatic heterocycles. The lowest BCUT2D eigenvalue weighted by Crippen LogP contribution is -2.22. The van der Waals surface area contributed by atoms with Crippen LogP contribution in [-0.4, -0.2) is 13.1 Å². The Morgan fingerprint density at radius 1 is 1.47 bits per heavy atom. The van der Waals surface area contributed by atoms with Gasteiger partial charge in [-0.3, -0.25) is 0 Å². The van der Waals surface area contributed by atoms with Crippen molar-refractivity contribution in [2.45, 2.75) is 20.3 Å². The molecule has 3 nitrogen and oxygen atoms in total. The first-order chi connectivity index (χ1) is 8.11. The molecule has 1 fully saturated rings. The van der Waals surface area contributed by atoms with Crippen LogP contribution in [0.15, 0.2) is 18.2 Å². The summed E-state index contributed by atoms with van der Waals surface area (Å²) < 4.78 is 0. The monoisotopic (exact) mass is 229 g/mol. The molecule has 0 saturated carbocycles. The molecule has 0 aliphatic carbocycles. The van der Waals surface area contributed by atoms with Gasteiger partial charge in [0.15, 0.2) is 0 Å². The van der Waals surface area contributed by atoms with Crippen LogP contribution in [0.4, 0.5) is 11.4 Å². The van der Waals surface area contributed by atoms with E-state index in [1.165, 1.54) is 6.42 Å². The summed E-state index contributed by atoms with van der Waals surface area (Å²) in [5.41, 5.74) is 8.47. The third-order valence-corrected chi connectivity index (χ3v) is 3.67. The summed E-state index contributed by atoms with van der Waals surface area (Å²) >= 11 is 0. The van der Waals surface area contributed by atoms with Crippen LogP contribution >= 0.6 is 0 Å². The van der Waals surface area contributed by atoms with E-state index in [2.05, 4.69) is 24.8 Å². The number of rotatable bonds is 2. The first-order valence-corrected chi connectivity index (χ1v) is 6.16. The van der Waals surface area contributed by atoms with Crippen molar-refractivity contribution in [1.82, 2.24) is 0 Å². The maximum Gasteiger partial charge on any atom is 0.0992 e. The molecule has 0 amide bonds. The maximum atomic E-state index is 8.93. The Morgan fingerprint density at radius 2 is 2.24 bits per heavy atom. The van der Waals surface area contributed by atoms with Crippen molar-refractivity contribution < 1.29 is 0 Å². The average Bonchev–Trinajstić information content (AvgIpc) is 2.79. The number of nitriles is 1. The molecule has 2 rings (SSSR count). The summed E-state index contributed by atoms with van der Waals surface area (Å²) in [5, 5.41) is 8.93. The fraction of sp³-hybridized carbons (Fsp3) is 0.500. The Morgan fingerprint density at radius 3 is 2.82 bits per heavy atom. The lowest BCUT2D eigenvalue weighted by molar-refractivity contribution is 0.423. The largest absolute Gasteiger partial charge is 0.397 e. The second kappa shape index (κ2) is 4.67. The standard InChI is InChI=1S/C14H19N3/c1-10(2)12-5-6-17(9-12)14-7-11(8-15)3-4-13(14)16/h3-4,7,10,12H,5-6,9,16H2,1-2H3. The second-order valence-electron chi connectivity index (χ2n) is 5.12. The molecule has 90 valence electrons. The molecule has 1 saturated heterocycles. The van der Waals surface area contributed by atoms with E-state index in [9.17, 15) is 0 Å². The van der Waals surface area contributed by atoms with E-state index in [1.54, 1.807) is 6.07 Å². The van der Waals surface area contributed by atoms with Gasteiger partial charge in [-0.15, -0.1) is 0 Å². The molecule has 3 heteroatoms.